The third-order valence-corrected chi connectivity index (χ3v) is 5.32. The van der Waals surface area contributed by atoms with Crippen LogP contribution in [0.3, 0.4) is 0 Å². The second-order valence-electron chi connectivity index (χ2n) is 7.90. The van der Waals surface area contributed by atoms with Gasteiger partial charge in [0.1, 0.15) is 12.4 Å². The number of aromatic nitrogens is 3. The highest BCUT2D eigenvalue weighted by Crippen LogP contribution is 2.14. The van der Waals surface area contributed by atoms with E-state index in [1.807, 2.05) is 11.7 Å². The molecule has 160 valence electrons. The average Bonchev–Trinajstić information content (AvgIpc) is 3.07. The van der Waals surface area contributed by atoms with Gasteiger partial charge >= 0.3 is 0 Å². The summed E-state index contributed by atoms with van der Waals surface area (Å²) < 4.78 is 7.15. The number of guanidine groups is 1. The van der Waals surface area contributed by atoms with Crippen LogP contribution >= 0.6 is 0 Å². The number of methoxy groups -OCH3 is 1. The molecule has 1 aliphatic heterocycles. The Morgan fingerprint density at radius 2 is 2.11 bits per heavy atom. The van der Waals surface area contributed by atoms with Crippen molar-refractivity contribution in [3.8, 4) is 0 Å². The van der Waals surface area contributed by atoms with Crippen molar-refractivity contribution in [1.29, 1.82) is 0 Å². The molecule has 2 N–H and O–H groups in total. The monoisotopic (exact) mass is 393 g/mol. The van der Waals surface area contributed by atoms with Crippen molar-refractivity contribution >= 4 is 5.96 Å². The number of aryl methyl sites for hydroxylation is 1. The third kappa shape index (κ3) is 6.44. The number of likely N-dealkylation sites (N-methyl/N-ethyl adjacent to an activating group) is 1. The molecule has 2 atom stereocenters. The van der Waals surface area contributed by atoms with E-state index in [0.717, 1.165) is 56.6 Å². The Morgan fingerprint density at radius 1 is 1.36 bits per heavy atom. The number of nitrogens with one attached hydrogen (secondary N) is 2. The number of hydrogen-bond donors (Lipinski definition) is 2. The maximum Gasteiger partial charge on any atom is 0.191 e. The Bertz CT molecular complexity index is 610. The quantitative estimate of drug-likeness (QED) is 0.465. The topological polar surface area (TPSA) is 79.6 Å². The van der Waals surface area contributed by atoms with Crippen molar-refractivity contribution in [2.45, 2.75) is 72.2 Å². The minimum Gasteiger partial charge on any atom is -0.377 e. The van der Waals surface area contributed by atoms with E-state index >= 15 is 0 Å². The molecular formula is C20H39N7O. The molecule has 28 heavy (non-hydrogen) atoms. The van der Waals surface area contributed by atoms with E-state index in [9.17, 15) is 0 Å². The van der Waals surface area contributed by atoms with Gasteiger partial charge in [0.2, 0.25) is 0 Å². The Balaban J connectivity index is 1.91. The predicted molar refractivity (Wildman–Crippen MR) is 114 cm³/mol. The fraction of sp³-hybridized carbons (Fsp3) is 0.850. The molecule has 0 bridgehead atoms. The van der Waals surface area contributed by atoms with Crippen molar-refractivity contribution in [2.75, 3.05) is 33.8 Å². The van der Waals surface area contributed by atoms with E-state index < -0.39 is 0 Å². The Labute approximate surface area is 170 Å². The van der Waals surface area contributed by atoms with Gasteiger partial charge in [0, 0.05) is 39.2 Å². The van der Waals surface area contributed by atoms with Crippen LogP contribution in [-0.2, 0) is 24.3 Å². The molecule has 0 saturated carbocycles. The summed E-state index contributed by atoms with van der Waals surface area (Å²) in [6, 6.07) is 0.811. The number of fused-ring (bicyclic) bond motifs is 1. The fourth-order valence-corrected chi connectivity index (χ4v) is 3.92. The number of nitrogens with zero attached hydrogens (tertiary/aromatic N) is 5. The molecule has 0 aliphatic carbocycles. The fourth-order valence-electron chi connectivity index (χ4n) is 3.92. The zero-order valence-electron chi connectivity index (χ0n) is 18.5. The predicted octanol–water partition coefficient (Wildman–Crippen LogP) is 1.66. The first-order valence-corrected chi connectivity index (χ1v) is 10.6. The Morgan fingerprint density at radius 3 is 2.71 bits per heavy atom. The van der Waals surface area contributed by atoms with Crippen LogP contribution in [0.25, 0.3) is 0 Å². The van der Waals surface area contributed by atoms with E-state index in [0.29, 0.717) is 24.6 Å². The Hall–Kier alpha value is -1.67. The molecule has 0 radical (unpaired) electrons. The maximum absolute atomic E-state index is 5.15. The van der Waals surface area contributed by atoms with Gasteiger partial charge in [0.25, 0.3) is 0 Å². The molecule has 1 aromatic heterocycles. The highest BCUT2D eigenvalue weighted by Gasteiger charge is 2.23. The first-order valence-electron chi connectivity index (χ1n) is 10.6. The lowest BCUT2D eigenvalue weighted by atomic mass is 10.0. The van der Waals surface area contributed by atoms with Gasteiger partial charge in [-0.25, -0.2) is 9.67 Å². The smallest absolute Gasteiger partial charge is 0.191 e. The normalized spacial score (nSPS) is 18.4. The van der Waals surface area contributed by atoms with Crippen LogP contribution in [0.1, 0.15) is 52.2 Å². The summed E-state index contributed by atoms with van der Waals surface area (Å²) >= 11 is 0. The molecule has 8 nitrogen and oxygen atoms in total. The first kappa shape index (κ1) is 22.6. The second-order valence-corrected chi connectivity index (χ2v) is 7.90. The lowest BCUT2D eigenvalue weighted by molar-refractivity contribution is 0.177. The van der Waals surface area contributed by atoms with Crippen LogP contribution in [0.4, 0.5) is 0 Å². The minimum absolute atomic E-state index is 0.299. The van der Waals surface area contributed by atoms with Crippen LogP contribution in [0.2, 0.25) is 0 Å². The van der Waals surface area contributed by atoms with E-state index in [4.69, 9.17) is 4.74 Å². The molecule has 1 aliphatic rings. The molecule has 1 aromatic rings. The standard InChI is InChI=1S/C20H39N7O/c1-7-26(8-2)17(11-15(3)4)12-22-20(21-5)23-16-9-10-19-24-18(14-28-6)25-27(19)13-16/h15-17H,7-14H2,1-6H3,(H2,21,22,23). The van der Waals surface area contributed by atoms with Crippen molar-refractivity contribution in [1.82, 2.24) is 30.3 Å². The Kier molecular flexibility index (Phi) is 9.18. The molecule has 0 aromatic carbocycles. The zero-order chi connectivity index (χ0) is 20.5. The number of hydrogen-bond acceptors (Lipinski definition) is 5. The van der Waals surface area contributed by atoms with Crippen LogP contribution < -0.4 is 10.6 Å². The van der Waals surface area contributed by atoms with Gasteiger partial charge in [-0.3, -0.25) is 9.89 Å². The summed E-state index contributed by atoms with van der Waals surface area (Å²) in [6.45, 7) is 13.4. The largest absolute Gasteiger partial charge is 0.377 e. The van der Waals surface area contributed by atoms with Crippen molar-refractivity contribution in [3.05, 3.63) is 11.6 Å². The van der Waals surface area contributed by atoms with Gasteiger partial charge in [0.05, 0.1) is 6.54 Å². The van der Waals surface area contributed by atoms with Gasteiger partial charge < -0.3 is 15.4 Å². The summed E-state index contributed by atoms with van der Waals surface area (Å²) in [6.07, 6.45) is 3.12. The van der Waals surface area contributed by atoms with Crippen LogP contribution in [0, 0.1) is 5.92 Å². The summed E-state index contributed by atoms with van der Waals surface area (Å²) in [5, 5.41) is 11.7. The van der Waals surface area contributed by atoms with E-state index in [1.165, 1.54) is 6.42 Å². The lowest BCUT2D eigenvalue weighted by Crippen LogP contribution is -2.51. The number of aliphatic imine (C=N–C) groups is 1. The average molecular weight is 394 g/mol. The molecule has 8 heteroatoms. The van der Waals surface area contributed by atoms with Gasteiger partial charge in [-0.1, -0.05) is 27.7 Å². The molecule has 2 heterocycles. The van der Waals surface area contributed by atoms with Crippen molar-refractivity contribution in [3.63, 3.8) is 0 Å². The molecule has 0 fully saturated rings. The molecule has 2 rings (SSSR count). The van der Waals surface area contributed by atoms with Crippen LogP contribution in [0.15, 0.2) is 4.99 Å². The highest BCUT2D eigenvalue weighted by molar-refractivity contribution is 5.80. The number of ether oxygens (including phenoxy) is 1. The van der Waals surface area contributed by atoms with E-state index in [1.54, 1.807) is 7.11 Å². The molecule has 0 saturated heterocycles. The lowest BCUT2D eigenvalue weighted by Gasteiger charge is -2.32. The van der Waals surface area contributed by atoms with Gasteiger partial charge in [-0.15, -0.1) is 0 Å². The number of rotatable bonds is 10. The molecule has 0 amide bonds. The maximum atomic E-state index is 5.15. The summed E-state index contributed by atoms with van der Waals surface area (Å²) in [7, 11) is 3.51. The highest BCUT2D eigenvalue weighted by atomic mass is 16.5. The molecule has 2 unspecified atom stereocenters. The van der Waals surface area contributed by atoms with Gasteiger partial charge in [-0.05, 0) is 31.8 Å². The summed E-state index contributed by atoms with van der Waals surface area (Å²) in [5.41, 5.74) is 0. The SMILES string of the molecule is CCN(CC)C(CNC(=NC)NC1CCc2nc(COC)nn2C1)CC(C)C. The summed E-state index contributed by atoms with van der Waals surface area (Å²) in [4.78, 5) is 11.5. The van der Waals surface area contributed by atoms with Crippen LogP contribution in [-0.4, -0.2) is 71.5 Å². The van der Waals surface area contributed by atoms with Crippen molar-refractivity contribution in [2.24, 2.45) is 10.9 Å². The van der Waals surface area contributed by atoms with E-state index in [-0.39, 0.29) is 0 Å². The minimum atomic E-state index is 0.299. The molecule has 0 spiro atoms. The molecular weight excluding hydrogens is 354 g/mol. The van der Waals surface area contributed by atoms with Crippen molar-refractivity contribution < 1.29 is 4.74 Å². The summed E-state index contributed by atoms with van der Waals surface area (Å²) in [5.74, 6) is 3.35. The van der Waals surface area contributed by atoms with Gasteiger partial charge in [0.15, 0.2) is 11.8 Å². The van der Waals surface area contributed by atoms with Crippen LogP contribution in [0.5, 0.6) is 0 Å². The van der Waals surface area contributed by atoms with E-state index in [2.05, 4.69) is 58.3 Å². The van der Waals surface area contributed by atoms with Gasteiger partial charge in [-0.2, -0.15) is 5.10 Å². The second kappa shape index (κ2) is 11.4. The third-order valence-electron chi connectivity index (χ3n) is 5.32. The zero-order valence-corrected chi connectivity index (χ0v) is 18.5. The first-order chi connectivity index (χ1) is 13.5.